The molecule has 1 fully saturated rings. The molecule has 1 amide bonds. The summed E-state index contributed by atoms with van der Waals surface area (Å²) in [4.78, 5) is 14.6. The fourth-order valence-electron chi connectivity index (χ4n) is 3.91. The van der Waals surface area contributed by atoms with Gasteiger partial charge < -0.3 is 19.7 Å². The number of piperidine rings is 1. The first-order chi connectivity index (χ1) is 11.1. The molecule has 0 saturated carbocycles. The second kappa shape index (κ2) is 6.57. The molecule has 7 nitrogen and oxygen atoms in total. The number of amides is 1. The van der Waals surface area contributed by atoms with Crippen LogP contribution in [0.5, 0.6) is 0 Å². The van der Waals surface area contributed by atoms with Crippen molar-refractivity contribution in [2.45, 2.75) is 58.1 Å². The van der Waals surface area contributed by atoms with Crippen LogP contribution in [-0.2, 0) is 13.0 Å². The smallest absolute Gasteiger partial charge is 0.291 e. The number of aliphatic hydroxyl groups excluding tert-OH is 2. The van der Waals surface area contributed by atoms with Gasteiger partial charge in [0.15, 0.2) is 0 Å². The molecule has 128 valence electrons. The van der Waals surface area contributed by atoms with Crippen LogP contribution < -0.4 is 0 Å². The Morgan fingerprint density at radius 3 is 2.91 bits per heavy atom. The molecule has 2 N–H and O–H groups in total. The Labute approximate surface area is 136 Å². The molecule has 0 spiro atoms. The van der Waals surface area contributed by atoms with E-state index >= 15 is 0 Å². The first-order valence-electron chi connectivity index (χ1n) is 8.61. The van der Waals surface area contributed by atoms with Gasteiger partial charge in [0, 0.05) is 31.5 Å². The van der Waals surface area contributed by atoms with Gasteiger partial charge in [-0.15, -0.1) is 10.2 Å². The number of carbonyl (C=O) groups is 1. The van der Waals surface area contributed by atoms with Crippen molar-refractivity contribution in [3.05, 3.63) is 11.6 Å². The largest absolute Gasteiger partial charge is 0.396 e. The Balaban J connectivity index is 1.81. The number of rotatable bonds is 4. The molecule has 3 rings (SSSR count). The zero-order valence-electron chi connectivity index (χ0n) is 13.7. The molecule has 1 aromatic heterocycles. The first-order valence-corrected chi connectivity index (χ1v) is 8.61. The number of carbonyl (C=O) groups excluding carboxylic acids is 1. The van der Waals surface area contributed by atoms with Crippen LogP contribution in [0.1, 0.15) is 55.5 Å². The van der Waals surface area contributed by atoms with Crippen LogP contribution in [0.25, 0.3) is 0 Å². The van der Waals surface area contributed by atoms with E-state index < -0.39 is 11.5 Å². The number of hydrogen-bond donors (Lipinski definition) is 2. The molecular weight excluding hydrogens is 296 g/mol. The molecule has 2 aliphatic heterocycles. The van der Waals surface area contributed by atoms with E-state index in [0.29, 0.717) is 31.8 Å². The molecule has 0 aromatic carbocycles. The Kier molecular flexibility index (Phi) is 4.68. The van der Waals surface area contributed by atoms with Crippen LogP contribution in [0.4, 0.5) is 0 Å². The Morgan fingerprint density at radius 2 is 2.17 bits per heavy atom. The van der Waals surface area contributed by atoms with Gasteiger partial charge in [-0.2, -0.15) is 0 Å². The minimum atomic E-state index is -0.618. The van der Waals surface area contributed by atoms with Gasteiger partial charge in [-0.3, -0.25) is 4.79 Å². The minimum absolute atomic E-state index is 0.107. The summed E-state index contributed by atoms with van der Waals surface area (Å²) in [5.41, 5.74) is -0.618. The van der Waals surface area contributed by atoms with E-state index in [0.717, 1.165) is 38.1 Å². The maximum atomic E-state index is 12.9. The van der Waals surface area contributed by atoms with E-state index in [-0.39, 0.29) is 12.5 Å². The van der Waals surface area contributed by atoms with Crippen molar-refractivity contribution in [3.8, 4) is 0 Å². The maximum Gasteiger partial charge on any atom is 0.291 e. The predicted octanol–water partition coefficient (Wildman–Crippen LogP) is 0.600. The molecule has 0 aliphatic carbocycles. The third-order valence-electron chi connectivity index (χ3n) is 5.29. The molecular formula is C16H26N4O3. The number of aliphatic hydroxyl groups is 2. The number of aromatic nitrogens is 3. The van der Waals surface area contributed by atoms with Crippen LogP contribution in [0.15, 0.2) is 0 Å². The van der Waals surface area contributed by atoms with Gasteiger partial charge in [-0.1, -0.05) is 13.3 Å². The number of nitrogens with zero attached hydrogens (tertiary/aromatic N) is 4. The molecule has 7 heteroatoms. The normalized spacial score (nSPS) is 27.8. The zero-order chi connectivity index (χ0) is 16.4. The van der Waals surface area contributed by atoms with Gasteiger partial charge >= 0.3 is 0 Å². The van der Waals surface area contributed by atoms with E-state index in [1.807, 2.05) is 11.5 Å². The quantitative estimate of drug-likeness (QED) is 0.847. The summed E-state index contributed by atoms with van der Waals surface area (Å²) >= 11 is 0. The molecule has 0 unspecified atom stereocenters. The third kappa shape index (κ3) is 2.87. The third-order valence-corrected chi connectivity index (χ3v) is 5.29. The average Bonchev–Trinajstić information content (AvgIpc) is 3.00. The number of aryl methyl sites for hydroxylation is 1. The van der Waals surface area contributed by atoms with Crippen LogP contribution in [0.2, 0.25) is 0 Å². The Hall–Kier alpha value is -1.47. The Morgan fingerprint density at radius 1 is 1.35 bits per heavy atom. The summed E-state index contributed by atoms with van der Waals surface area (Å²) in [6, 6.07) is 0. The fraction of sp³-hybridized carbons (Fsp3) is 0.812. The highest BCUT2D eigenvalue weighted by atomic mass is 16.3. The van der Waals surface area contributed by atoms with Gasteiger partial charge in [0.25, 0.3) is 5.91 Å². The topological polar surface area (TPSA) is 91.5 Å². The van der Waals surface area contributed by atoms with E-state index in [1.165, 1.54) is 0 Å². The van der Waals surface area contributed by atoms with Crippen molar-refractivity contribution in [2.75, 3.05) is 19.7 Å². The molecule has 3 heterocycles. The predicted molar refractivity (Wildman–Crippen MR) is 83.9 cm³/mol. The molecule has 1 saturated heterocycles. The van der Waals surface area contributed by atoms with Gasteiger partial charge in [0.1, 0.15) is 5.82 Å². The van der Waals surface area contributed by atoms with Crippen molar-refractivity contribution in [1.29, 1.82) is 0 Å². The highest BCUT2D eigenvalue weighted by Gasteiger charge is 2.43. The summed E-state index contributed by atoms with van der Waals surface area (Å²) in [5, 5.41) is 28.4. The lowest BCUT2D eigenvalue weighted by Crippen LogP contribution is -2.55. The lowest BCUT2D eigenvalue weighted by molar-refractivity contribution is -0.0722. The summed E-state index contributed by atoms with van der Waals surface area (Å²) in [7, 11) is 0. The summed E-state index contributed by atoms with van der Waals surface area (Å²) in [6.07, 6.45) is 4.49. The Bertz CT molecular complexity index is 574. The highest BCUT2D eigenvalue weighted by Crippen LogP contribution is 2.35. The average molecular weight is 322 g/mol. The zero-order valence-corrected chi connectivity index (χ0v) is 13.7. The van der Waals surface area contributed by atoms with E-state index in [1.54, 1.807) is 4.90 Å². The molecule has 1 aromatic rings. The minimum Gasteiger partial charge on any atom is -0.396 e. The standard InChI is InChI=1S/C16H26N4O3/c1-2-7-16(11-21)10-19(9-6-12(16)22)15(23)14-18-17-13-5-3-4-8-20(13)14/h12,21-22H,2-11H2,1H3/t12-,16-/m0/s1. The second-order valence-electron chi connectivity index (χ2n) is 6.85. The summed E-state index contributed by atoms with van der Waals surface area (Å²) in [6.45, 7) is 3.58. The van der Waals surface area contributed by atoms with E-state index in [9.17, 15) is 15.0 Å². The highest BCUT2D eigenvalue weighted by molar-refractivity contribution is 5.91. The van der Waals surface area contributed by atoms with Gasteiger partial charge in [-0.05, 0) is 25.7 Å². The number of fused-ring (bicyclic) bond motifs is 1. The molecule has 0 radical (unpaired) electrons. The summed E-state index contributed by atoms with van der Waals surface area (Å²) < 4.78 is 1.93. The molecule has 0 bridgehead atoms. The van der Waals surface area contributed by atoms with Crippen molar-refractivity contribution in [1.82, 2.24) is 19.7 Å². The van der Waals surface area contributed by atoms with Crippen molar-refractivity contribution in [2.24, 2.45) is 5.41 Å². The SMILES string of the molecule is CCC[C@@]1(CO)CN(C(=O)c2nnc3n2CCCC3)CC[C@@H]1O. The van der Waals surface area contributed by atoms with Gasteiger partial charge in [0.2, 0.25) is 5.82 Å². The lowest BCUT2D eigenvalue weighted by Gasteiger charge is -2.45. The van der Waals surface area contributed by atoms with Gasteiger partial charge in [-0.25, -0.2) is 0 Å². The fourth-order valence-corrected chi connectivity index (χ4v) is 3.91. The maximum absolute atomic E-state index is 12.9. The van der Waals surface area contributed by atoms with Crippen molar-refractivity contribution >= 4 is 5.91 Å². The monoisotopic (exact) mass is 322 g/mol. The first kappa shape index (κ1) is 16.4. The second-order valence-corrected chi connectivity index (χ2v) is 6.85. The van der Waals surface area contributed by atoms with Crippen LogP contribution >= 0.6 is 0 Å². The molecule has 23 heavy (non-hydrogen) atoms. The van der Waals surface area contributed by atoms with Crippen molar-refractivity contribution in [3.63, 3.8) is 0 Å². The lowest BCUT2D eigenvalue weighted by atomic mass is 9.74. The van der Waals surface area contributed by atoms with Crippen LogP contribution in [-0.4, -0.2) is 61.6 Å². The van der Waals surface area contributed by atoms with Crippen LogP contribution in [0.3, 0.4) is 0 Å². The van der Waals surface area contributed by atoms with E-state index in [2.05, 4.69) is 10.2 Å². The van der Waals surface area contributed by atoms with Crippen LogP contribution in [0, 0.1) is 5.41 Å². The van der Waals surface area contributed by atoms with E-state index in [4.69, 9.17) is 0 Å². The molecule has 2 atom stereocenters. The van der Waals surface area contributed by atoms with Gasteiger partial charge in [0.05, 0.1) is 12.7 Å². The summed E-state index contributed by atoms with van der Waals surface area (Å²) in [5.74, 6) is 1.16. The number of hydrogen-bond acceptors (Lipinski definition) is 5. The number of likely N-dealkylation sites (tertiary alicyclic amines) is 1. The molecule has 2 aliphatic rings. The van der Waals surface area contributed by atoms with Crippen molar-refractivity contribution < 1.29 is 15.0 Å².